The number of amides is 1. The van der Waals surface area contributed by atoms with Crippen molar-refractivity contribution < 1.29 is 9.21 Å². The van der Waals surface area contributed by atoms with E-state index in [1.165, 1.54) is 17.5 Å². The van der Waals surface area contributed by atoms with Crippen LogP contribution >= 0.6 is 0 Å². The molecule has 0 saturated heterocycles. The smallest absolute Gasteiger partial charge is 0.224 e. The van der Waals surface area contributed by atoms with Crippen LogP contribution in [0.4, 0.5) is 0 Å². The summed E-state index contributed by atoms with van der Waals surface area (Å²) in [4.78, 5) is 12.0. The maximum absolute atomic E-state index is 12.0. The Bertz CT molecular complexity index is 642. The number of nitrogens with one attached hydrogen (secondary N) is 1. The number of aryl methyl sites for hydroxylation is 2. The molecule has 106 valence electrons. The molecule has 20 heavy (non-hydrogen) atoms. The lowest BCUT2D eigenvalue weighted by Gasteiger charge is -2.10. The number of benzene rings is 1. The Labute approximate surface area is 119 Å². The third-order valence-electron chi connectivity index (χ3n) is 4.24. The van der Waals surface area contributed by atoms with Crippen LogP contribution in [0.25, 0.3) is 11.0 Å². The van der Waals surface area contributed by atoms with Crippen LogP contribution in [0.3, 0.4) is 0 Å². The standard InChI is InChI=1S/C17H21NO2/c1-3-11(2)18-17(19)9-14-10-20-16-8-13-6-4-5-12(13)7-15(14)16/h7-8,10-11H,3-6,9H2,1-2H3,(H,18,19). The predicted octanol–water partition coefficient (Wildman–Crippen LogP) is 3.38. The number of furan rings is 1. The molecule has 3 nitrogen and oxygen atoms in total. The van der Waals surface area contributed by atoms with Gasteiger partial charge in [0.05, 0.1) is 12.7 Å². The monoisotopic (exact) mass is 271 g/mol. The molecule has 0 aliphatic heterocycles. The zero-order chi connectivity index (χ0) is 14.1. The minimum atomic E-state index is 0.0718. The second kappa shape index (κ2) is 5.31. The van der Waals surface area contributed by atoms with E-state index in [0.717, 1.165) is 35.8 Å². The van der Waals surface area contributed by atoms with E-state index < -0.39 is 0 Å². The van der Waals surface area contributed by atoms with Gasteiger partial charge < -0.3 is 9.73 Å². The van der Waals surface area contributed by atoms with Crippen LogP contribution in [0.1, 0.15) is 43.4 Å². The van der Waals surface area contributed by atoms with E-state index in [9.17, 15) is 4.79 Å². The fourth-order valence-corrected chi connectivity index (χ4v) is 2.89. The molecule has 2 aromatic rings. The molecule has 1 amide bonds. The van der Waals surface area contributed by atoms with Gasteiger partial charge in [-0.3, -0.25) is 4.79 Å². The summed E-state index contributed by atoms with van der Waals surface area (Å²) in [7, 11) is 0. The Hall–Kier alpha value is -1.77. The number of carbonyl (C=O) groups excluding carboxylic acids is 1. The summed E-state index contributed by atoms with van der Waals surface area (Å²) < 4.78 is 5.63. The topological polar surface area (TPSA) is 42.2 Å². The van der Waals surface area contributed by atoms with Crippen molar-refractivity contribution in [3.63, 3.8) is 0 Å². The van der Waals surface area contributed by atoms with E-state index in [0.29, 0.717) is 6.42 Å². The Balaban J connectivity index is 1.83. The quantitative estimate of drug-likeness (QED) is 0.926. The van der Waals surface area contributed by atoms with E-state index in [-0.39, 0.29) is 11.9 Å². The molecule has 0 bridgehead atoms. The van der Waals surface area contributed by atoms with E-state index in [1.54, 1.807) is 6.26 Å². The first-order valence-corrected chi connectivity index (χ1v) is 7.48. The second-order valence-corrected chi connectivity index (χ2v) is 5.79. The summed E-state index contributed by atoms with van der Waals surface area (Å²) in [6, 6.07) is 4.59. The van der Waals surface area contributed by atoms with E-state index in [1.807, 2.05) is 6.92 Å². The lowest BCUT2D eigenvalue weighted by atomic mass is 10.0. The summed E-state index contributed by atoms with van der Waals surface area (Å²) in [6.07, 6.45) is 6.61. The molecule has 1 aliphatic rings. The van der Waals surface area contributed by atoms with Gasteiger partial charge in [0, 0.05) is 17.0 Å². The van der Waals surface area contributed by atoms with Crippen molar-refractivity contribution in [3.8, 4) is 0 Å². The van der Waals surface area contributed by atoms with Gasteiger partial charge in [0.15, 0.2) is 0 Å². The van der Waals surface area contributed by atoms with Gasteiger partial charge in [0.2, 0.25) is 5.91 Å². The van der Waals surface area contributed by atoms with Crippen LogP contribution in [0.2, 0.25) is 0 Å². The molecule has 1 heterocycles. The minimum Gasteiger partial charge on any atom is -0.464 e. The minimum absolute atomic E-state index is 0.0718. The second-order valence-electron chi connectivity index (χ2n) is 5.79. The van der Waals surface area contributed by atoms with E-state index in [2.05, 4.69) is 24.4 Å². The third kappa shape index (κ3) is 2.45. The van der Waals surface area contributed by atoms with Crippen LogP contribution in [0.5, 0.6) is 0 Å². The summed E-state index contributed by atoms with van der Waals surface area (Å²) in [5.74, 6) is 0.0718. The molecular weight excluding hydrogens is 250 g/mol. The van der Waals surface area contributed by atoms with Gasteiger partial charge in [-0.1, -0.05) is 6.92 Å². The fourth-order valence-electron chi connectivity index (χ4n) is 2.89. The van der Waals surface area contributed by atoms with Gasteiger partial charge in [-0.15, -0.1) is 0 Å². The summed E-state index contributed by atoms with van der Waals surface area (Å²) in [5.41, 5.74) is 4.73. The molecule has 1 aromatic carbocycles. The average molecular weight is 271 g/mol. The maximum atomic E-state index is 12.0. The Morgan fingerprint density at radius 3 is 2.85 bits per heavy atom. The molecule has 1 N–H and O–H groups in total. The molecular formula is C17H21NO2. The summed E-state index contributed by atoms with van der Waals surface area (Å²) in [5, 5.41) is 4.11. The lowest BCUT2D eigenvalue weighted by Crippen LogP contribution is -2.33. The van der Waals surface area contributed by atoms with Crippen LogP contribution in [-0.2, 0) is 24.1 Å². The fraction of sp³-hybridized carbons (Fsp3) is 0.471. The molecule has 1 aromatic heterocycles. The molecule has 0 radical (unpaired) electrons. The van der Waals surface area contributed by atoms with Crippen molar-refractivity contribution in [2.24, 2.45) is 0 Å². The normalized spacial score (nSPS) is 15.3. The first kappa shape index (κ1) is 13.2. The van der Waals surface area contributed by atoms with Gasteiger partial charge in [-0.05, 0) is 55.9 Å². The molecule has 0 fully saturated rings. The molecule has 0 saturated carbocycles. The first-order valence-electron chi connectivity index (χ1n) is 7.48. The average Bonchev–Trinajstić information content (AvgIpc) is 3.03. The van der Waals surface area contributed by atoms with Crippen molar-refractivity contribution in [3.05, 3.63) is 35.1 Å². The molecule has 3 heteroatoms. The summed E-state index contributed by atoms with van der Waals surface area (Å²) in [6.45, 7) is 4.10. The summed E-state index contributed by atoms with van der Waals surface area (Å²) >= 11 is 0. The molecule has 0 spiro atoms. The highest BCUT2D eigenvalue weighted by molar-refractivity contribution is 5.88. The zero-order valence-electron chi connectivity index (χ0n) is 12.2. The molecule has 1 atom stereocenters. The largest absolute Gasteiger partial charge is 0.464 e. The van der Waals surface area contributed by atoms with Crippen LogP contribution in [0, 0.1) is 0 Å². The van der Waals surface area contributed by atoms with Crippen LogP contribution < -0.4 is 5.32 Å². The number of rotatable bonds is 4. The van der Waals surface area contributed by atoms with E-state index in [4.69, 9.17) is 4.42 Å². The van der Waals surface area contributed by atoms with Crippen molar-refractivity contribution in [2.45, 2.75) is 52.0 Å². The number of hydrogen-bond acceptors (Lipinski definition) is 2. The Morgan fingerprint density at radius 1 is 1.35 bits per heavy atom. The highest BCUT2D eigenvalue weighted by Crippen LogP contribution is 2.30. The highest BCUT2D eigenvalue weighted by Gasteiger charge is 2.17. The Morgan fingerprint density at radius 2 is 2.10 bits per heavy atom. The van der Waals surface area contributed by atoms with Gasteiger partial charge in [0.25, 0.3) is 0 Å². The molecule has 3 rings (SSSR count). The van der Waals surface area contributed by atoms with Gasteiger partial charge in [-0.2, -0.15) is 0 Å². The van der Waals surface area contributed by atoms with Crippen molar-refractivity contribution in [2.75, 3.05) is 0 Å². The van der Waals surface area contributed by atoms with Gasteiger partial charge >= 0.3 is 0 Å². The predicted molar refractivity (Wildman–Crippen MR) is 79.8 cm³/mol. The van der Waals surface area contributed by atoms with Crippen molar-refractivity contribution >= 4 is 16.9 Å². The van der Waals surface area contributed by atoms with Gasteiger partial charge in [-0.25, -0.2) is 0 Å². The number of fused-ring (bicyclic) bond motifs is 2. The Kier molecular flexibility index (Phi) is 3.51. The van der Waals surface area contributed by atoms with Gasteiger partial charge in [0.1, 0.15) is 5.58 Å². The molecule has 1 unspecified atom stereocenters. The van der Waals surface area contributed by atoms with Crippen LogP contribution in [0.15, 0.2) is 22.8 Å². The zero-order valence-corrected chi connectivity index (χ0v) is 12.2. The molecule has 1 aliphatic carbocycles. The van der Waals surface area contributed by atoms with Crippen LogP contribution in [-0.4, -0.2) is 11.9 Å². The van der Waals surface area contributed by atoms with Crippen molar-refractivity contribution in [1.29, 1.82) is 0 Å². The number of hydrogen-bond donors (Lipinski definition) is 1. The first-order chi connectivity index (χ1) is 9.67. The SMILES string of the molecule is CCC(C)NC(=O)Cc1coc2cc3c(cc12)CCC3. The highest BCUT2D eigenvalue weighted by atomic mass is 16.3. The maximum Gasteiger partial charge on any atom is 0.224 e. The number of carbonyl (C=O) groups is 1. The van der Waals surface area contributed by atoms with E-state index >= 15 is 0 Å². The third-order valence-corrected chi connectivity index (χ3v) is 4.24. The lowest BCUT2D eigenvalue weighted by molar-refractivity contribution is -0.121. The van der Waals surface area contributed by atoms with Crippen molar-refractivity contribution in [1.82, 2.24) is 5.32 Å².